The van der Waals surface area contributed by atoms with E-state index in [1.165, 1.54) is 16.7 Å². The lowest BCUT2D eigenvalue weighted by molar-refractivity contribution is -0.122. The average Bonchev–Trinajstić information content (AvgIpc) is 2.76. The number of rotatable bonds is 5. The molecule has 0 bridgehead atoms. The Labute approximate surface area is 198 Å². The molecule has 0 saturated carbocycles. The van der Waals surface area contributed by atoms with Crippen LogP contribution in [0, 0.1) is 0 Å². The van der Waals surface area contributed by atoms with E-state index in [1.54, 1.807) is 12.1 Å². The van der Waals surface area contributed by atoms with Crippen LogP contribution in [0.25, 0.3) is 6.08 Å². The molecule has 3 aromatic carbocycles. The molecule has 0 aliphatic carbocycles. The number of nitrogens with one attached hydrogen (secondary N) is 1. The summed E-state index contributed by atoms with van der Waals surface area (Å²) in [6, 6.07) is 22.6. The Morgan fingerprint density at radius 3 is 2.61 bits per heavy atom. The molecule has 1 aliphatic rings. The largest absolute Gasteiger partial charge is 0.350 e. The third-order valence-corrected chi connectivity index (χ3v) is 6.51. The number of amides is 2. The van der Waals surface area contributed by atoms with E-state index in [0.29, 0.717) is 16.5 Å². The summed E-state index contributed by atoms with van der Waals surface area (Å²) in [7, 11) is 0. The van der Waals surface area contributed by atoms with Crippen LogP contribution in [0.3, 0.4) is 0 Å². The van der Waals surface area contributed by atoms with E-state index in [-0.39, 0.29) is 18.4 Å². The quantitative estimate of drug-likeness (QED) is 0.432. The molecule has 4 rings (SSSR count). The molecule has 31 heavy (non-hydrogen) atoms. The topological polar surface area (TPSA) is 49.4 Å². The first-order chi connectivity index (χ1) is 15.0. The van der Waals surface area contributed by atoms with E-state index >= 15 is 0 Å². The van der Waals surface area contributed by atoms with Crippen LogP contribution >= 0.6 is 39.3 Å². The minimum absolute atomic E-state index is 0.0557. The van der Waals surface area contributed by atoms with E-state index in [4.69, 9.17) is 11.6 Å². The molecule has 0 saturated heterocycles. The van der Waals surface area contributed by atoms with Gasteiger partial charge < -0.3 is 5.32 Å². The minimum atomic E-state index is -0.230. The molecule has 156 valence electrons. The number of anilines is 1. The van der Waals surface area contributed by atoms with Gasteiger partial charge in [-0.15, -0.1) is 0 Å². The van der Waals surface area contributed by atoms with Crippen molar-refractivity contribution < 1.29 is 9.59 Å². The number of benzene rings is 3. The lowest BCUT2D eigenvalue weighted by Gasteiger charge is -2.29. The summed E-state index contributed by atoms with van der Waals surface area (Å²) in [6.07, 6.45) is 1.85. The molecule has 3 aromatic rings. The van der Waals surface area contributed by atoms with Crippen molar-refractivity contribution in [2.24, 2.45) is 0 Å². The zero-order valence-electron chi connectivity index (χ0n) is 16.3. The molecule has 0 atom stereocenters. The van der Waals surface area contributed by atoms with Gasteiger partial charge in [0.2, 0.25) is 5.91 Å². The third kappa shape index (κ3) is 5.39. The van der Waals surface area contributed by atoms with Gasteiger partial charge in [-0.25, -0.2) is 0 Å². The molecular weight excluding hydrogens is 496 g/mol. The normalized spacial score (nSPS) is 14.5. The fourth-order valence-electron chi connectivity index (χ4n) is 3.17. The number of carbonyl (C=O) groups is 2. The Hall–Kier alpha value is -2.54. The second-order valence-electron chi connectivity index (χ2n) is 6.93. The first-order valence-electron chi connectivity index (χ1n) is 9.57. The van der Waals surface area contributed by atoms with E-state index < -0.39 is 0 Å². The lowest BCUT2D eigenvalue weighted by atomic mass is 10.2. The van der Waals surface area contributed by atoms with Crippen LogP contribution in [0.5, 0.6) is 0 Å². The molecule has 0 unspecified atom stereocenters. The van der Waals surface area contributed by atoms with E-state index in [0.717, 1.165) is 26.2 Å². The van der Waals surface area contributed by atoms with Crippen LogP contribution < -0.4 is 10.2 Å². The molecule has 7 heteroatoms. The number of fused-ring (bicyclic) bond motifs is 1. The van der Waals surface area contributed by atoms with Gasteiger partial charge in [-0.3, -0.25) is 14.5 Å². The standard InChI is InChI=1S/C24H18BrClN2O2S/c25-18-5-3-4-17(12-18)13-22-24(30)28(20-6-1-2-7-21(20)31-22)15-23(29)27-14-16-8-10-19(26)11-9-16/h1-13H,14-15H2,(H,27,29). The highest BCUT2D eigenvalue weighted by Gasteiger charge is 2.30. The molecule has 0 fully saturated rings. The Kier molecular flexibility index (Phi) is 6.80. The van der Waals surface area contributed by atoms with Crippen LogP contribution in [-0.2, 0) is 16.1 Å². The summed E-state index contributed by atoms with van der Waals surface area (Å²) in [5, 5.41) is 3.53. The fourth-order valence-corrected chi connectivity index (χ4v) is 4.77. The van der Waals surface area contributed by atoms with Crippen molar-refractivity contribution in [1.82, 2.24) is 5.32 Å². The number of para-hydroxylation sites is 1. The van der Waals surface area contributed by atoms with Gasteiger partial charge in [-0.2, -0.15) is 0 Å². The highest BCUT2D eigenvalue weighted by atomic mass is 79.9. The van der Waals surface area contributed by atoms with Gasteiger partial charge in [0.15, 0.2) is 0 Å². The van der Waals surface area contributed by atoms with Gasteiger partial charge in [0.25, 0.3) is 5.91 Å². The first-order valence-corrected chi connectivity index (χ1v) is 11.6. The van der Waals surface area contributed by atoms with Crippen molar-refractivity contribution in [3.8, 4) is 0 Å². The predicted octanol–water partition coefficient (Wildman–Crippen LogP) is 5.90. The SMILES string of the molecule is O=C(CN1C(=O)C(=Cc2cccc(Br)c2)Sc2ccccc21)NCc1ccc(Cl)cc1. The Balaban J connectivity index is 1.54. The molecule has 0 aromatic heterocycles. The number of hydrogen-bond donors (Lipinski definition) is 1. The summed E-state index contributed by atoms with van der Waals surface area (Å²) in [5.41, 5.74) is 2.59. The van der Waals surface area contributed by atoms with E-state index in [9.17, 15) is 9.59 Å². The highest BCUT2D eigenvalue weighted by Crippen LogP contribution is 2.42. The smallest absolute Gasteiger partial charge is 0.265 e. The Morgan fingerprint density at radius 2 is 1.84 bits per heavy atom. The maximum atomic E-state index is 13.3. The van der Waals surface area contributed by atoms with Gasteiger partial charge in [0, 0.05) is 20.9 Å². The predicted molar refractivity (Wildman–Crippen MR) is 130 cm³/mol. The van der Waals surface area contributed by atoms with Crippen LogP contribution in [0.15, 0.2) is 87.1 Å². The first kappa shape index (κ1) is 21.7. The Morgan fingerprint density at radius 1 is 1.06 bits per heavy atom. The molecule has 1 aliphatic heterocycles. The zero-order chi connectivity index (χ0) is 21.8. The summed E-state index contributed by atoms with van der Waals surface area (Å²) >= 11 is 10.8. The monoisotopic (exact) mass is 512 g/mol. The van der Waals surface area contributed by atoms with Gasteiger partial charge >= 0.3 is 0 Å². The van der Waals surface area contributed by atoms with Crippen LogP contribution in [0.2, 0.25) is 5.02 Å². The summed E-state index contributed by atoms with van der Waals surface area (Å²) < 4.78 is 0.939. The third-order valence-electron chi connectivity index (χ3n) is 4.68. The molecule has 2 amide bonds. The zero-order valence-corrected chi connectivity index (χ0v) is 19.5. The maximum absolute atomic E-state index is 13.3. The summed E-state index contributed by atoms with van der Waals surface area (Å²) in [4.78, 5) is 29.0. The second kappa shape index (κ2) is 9.73. The van der Waals surface area contributed by atoms with Crippen molar-refractivity contribution >= 4 is 62.9 Å². The minimum Gasteiger partial charge on any atom is -0.350 e. The van der Waals surface area contributed by atoms with Gasteiger partial charge in [-0.05, 0) is 53.6 Å². The lowest BCUT2D eigenvalue weighted by Crippen LogP contribution is -2.42. The molecule has 0 radical (unpaired) electrons. The number of carbonyl (C=O) groups excluding carboxylic acids is 2. The Bertz CT molecular complexity index is 1160. The fraction of sp³-hybridized carbons (Fsp3) is 0.0833. The van der Waals surface area contributed by atoms with Crippen LogP contribution in [0.4, 0.5) is 5.69 Å². The van der Waals surface area contributed by atoms with Crippen molar-refractivity contribution in [1.29, 1.82) is 0 Å². The maximum Gasteiger partial charge on any atom is 0.265 e. The van der Waals surface area contributed by atoms with Crippen molar-refractivity contribution in [3.05, 3.63) is 98.3 Å². The summed E-state index contributed by atoms with van der Waals surface area (Å²) in [6.45, 7) is 0.314. The van der Waals surface area contributed by atoms with Crippen molar-refractivity contribution in [3.63, 3.8) is 0 Å². The van der Waals surface area contributed by atoms with Crippen LogP contribution in [0.1, 0.15) is 11.1 Å². The van der Waals surface area contributed by atoms with E-state index in [2.05, 4.69) is 21.2 Å². The van der Waals surface area contributed by atoms with Gasteiger partial charge in [0.05, 0.1) is 10.6 Å². The molecular formula is C24H18BrClN2O2S. The molecule has 0 spiro atoms. The number of nitrogens with zero attached hydrogens (tertiary/aromatic N) is 1. The second-order valence-corrected chi connectivity index (χ2v) is 9.36. The molecule has 1 heterocycles. The molecule has 1 N–H and O–H groups in total. The summed E-state index contributed by atoms with van der Waals surface area (Å²) in [5.74, 6) is -0.419. The van der Waals surface area contributed by atoms with Crippen LogP contribution in [-0.4, -0.2) is 18.4 Å². The van der Waals surface area contributed by atoms with Crippen molar-refractivity contribution in [2.45, 2.75) is 11.4 Å². The average molecular weight is 514 g/mol. The number of halogens is 2. The number of hydrogen-bond acceptors (Lipinski definition) is 3. The number of thioether (sulfide) groups is 1. The van der Waals surface area contributed by atoms with Gasteiger partial charge in [0.1, 0.15) is 6.54 Å². The van der Waals surface area contributed by atoms with E-state index in [1.807, 2.05) is 66.7 Å². The molecule has 4 nitrogen and oxygen atoms in total. The van der Waals surface area contributed by atoms with Crippen molar-refractivity contribution in [2.75, 3.05) is 11.4 Å². The highest BCUT2D eigenvalue weighted by molar-refractivity contribution is 9.10. The van der Waals surface area contributed by atoms with Gasteiger partial charge in [-0.1, -0.05) is 75.7 Å².